The molecule has 0 radical (unpaired) electrons. The highest BCUT2D eigenvalue weighted by Crippen LogP contribution is 2.35. The highest BCUT2D eigenvalue weighted by atomic mass is 32.1. The maximum atomic E-state index is 4.93. The molecule has 8 heteroatoms. The molecule has 0 aliphatic carbocycles. The lowest BCUT2D eigenvalue weighted by molar-refractivity contribution is 0.724. The third-order valence-electron chi connectivity index (χ3n) is 4.59. The van der Waals surface area contributed by atoms with Crippen LogP contribution in [0.3, 0.4) is 0 Å². The number of fused-ring (bicyclic) bond motifs is 1. The number of aromatic nitrogens is 6. The minimum atomic E-state index is 0.303. The van der Waals surface area contributed by atoms with E-state index in [9.17, 15) is 0 Å². The van der Waals surface area contributed by atoms with Crippen molar-refractivity contribution in [3.63, 3.8) is 0 Å². The minimum absolute atomic E-state index is 0.303. The Morgan fingerprint density at radius 2 is 2.04 bits per heavy atom. The Bertz CT molecular complexity index is 1100. The van der Waals surface area contributed by atoms with Gasteiger partial charge in [-0.25, -0.2) is 9.97 Å². The number of anilines is 1. The van der Waals surface area contributed by atoms with Crippen molar-refractivity contribution in [3.8, 4) is 11.3 Å². The van der Waals surface area contributed by atoms with E-state index >= 15 is 0 Å². The quantitative estimate of drug-likeness (QED) is 0.568. The van der Waals surface area contributed by atoms with Crippen LogP contribution < -0.4 is 5.32 Å². The van der Waals surface area contributed by atoms with Crippen LogP contribution in [0.15, 0.2) is 23.8 Å². The Labute approximate surface area is 162 Å². The summed E-state index contributed by atoms with van der Waals surface area (Å²) in [6.45, 7) is 6.99. The number of nitrogens with zero attached hydrogens (tertiary/aromatic N) is 6. The summed E-state index contributed by atoms with van der Waals surface area (Å²) < 4.78 is 3.59. The van der Waals surface area contributed by atoms with Crippen LogP contribution >= 0.6 is 11.3 Å². The lowest BCUT2D eigenvalue weighted by Gasteiger charge is -2.11. The molecule has 4 aromatic rings. The largest absolute Gasteiger partial charge is 0.377 e. The summed E-state index contributed by atoms with van der Waals surface area (Å²) in [6.07, 6.45) is 1.71. The van der Waals surface area contributed by atoms with E-state index in [1.165, 1.54) is 4.88 Å². The van der Waals surface area contributed by atoms with Crippen LogP contribution in [0.4, 0.5) is 5.69 Å². The van der Waals surface area contributed by atoms with Gasteiger partial charge in [-0.1, -0.05) is 13.8 Å². The summed E-state index contributed by atoms with van der Waals surface area (Å²) >= 11 is 1.73. The molecule has 0 unspecified atom stereocenters. The highest BCUT2D eigenvalue weighted by Gasteiger charge is 2.19. The van der Waals surface area contributed by atoms with Gasteiger partial charge in [0.25, 0.3) is 0 Å². The van der Waals surface area contributed by atoms with Crippen molar-refractivity contribution in [2.24, 2.45) is 14.1 Å². The molecule has 0 aliphatic heterocycles. The average Bonchev–Trinajstić information content (AvgIpc) is 3.32. The molecule has 0 bridgehead atoms. The number of hydrogen-bond acceptors (Lipinski definition) is 6. The molecule has 0 atom stereocenters. The van der Waals surface area contributed by atoms with Crippen molar-refractivity contribution in [2.45, 2.75) is 33.2 Å². The Morgan fingerprint density at radius 1 is 1.22 bits per heavy atom. The number of thiophene rings is 1. The van der Waals surface area contributed by atoms with E-state index < -0.39 is 0 Å². The van der Waals surface area contributed by atoms with E-state index in [4.69, 9.17) is 10.1 Å². The average molecular weight is 382 g/mol. The topological polar surface area (TPSA) is 73.5 Å². The molecule has 0 aliphatic rings. The summed E-state index contributed by atoms with van der Waals surface area (Å²) in [6, 6.07) is 4.24. The summed E-state index contributed by atoms with van der Waals surface area (Å²) in [4.78, 5) is 10.5. The molecule has 0 fully saturated rings. The van der Waals surface area contributed by atoms with E-state index in [1.54, 1.807) is 22.3 Å². The van der Waals surface area contributed by atoms with Crippen molar-refractivity contribution >= 4 is 28.1 Å². The maximum Gasteiger partial charge on any atom is 0.169 e. The molecule has 140 valence electrons. The third-order valence-corrected chi connectivity index (χ3v) is 5.43. The minimum Gasteiger partial charge on any atom is -0.377 e. The zero-order valence-corrected chi connectivity index (χ0v) is 17.0. The van der Waals surface area contributed by atoms with Gasteiger partial charge in [0.1, 0.15) is 6.33 Å². The van der Waals surface area contributed by atoms with Crippen LogP contribution in [0.25, 0.3) is 22.3 Å². The molecular weight excluding hydrogens is 358 g/mol. The van der Waals surface area contributed by atoms with Gasteiger partial charge in [-0.15, -0.1) is 11.3 Å². The van der Waals surface area contributed by atoms with Gasteiger partial charge in [0.15, 0.2) is 11.5 Å². The van der Waals surface area contributed by atoms with Crippen LogP contribution in [0, 0.1) is 6.92 Å². The normalized spacial score (nSPS) is 11.6. The fourth-order valence-electron chi connectivity index (χ4n) is 3.25. The molecule has 0 spiro atoms. The molecule has 0 saturated heterocycles. The van der Waals surface area contributed by atoms with Gasteiger partial charge >= 0.3 is 0 Å². The van der Waals surface area contributed by atoms with E-state index in [0.29, 0.717) is 12.5 Å². The van der Waals surface area contributed by atoms with E-state index in [2.05, 4.69) is 53.7 Å². The van der Waals surface area contributed by atoms with Crippen LogP contribution in [0.1, 0.15) is 36.2 Å². The molecule has 4 aromatic heterocycles. The molecule has 4 heterocycles. The number of hydrogen-bond donors (Lipinski definition) is 1. The zero-order chi connectivity index (χ0) is 19.1. The van der Waals surface area contributed by atoms with Gasteiger partial charge < -0.3 is 5.32 Å². The SMILES string of the molecule is Cc1sccc1-c1cc(NCc2ncn(C)n2)c2c(C(C)C)nn(C)c2n1. The Hall–Kier alpha value is -2.74. The molecule has 0 aromatic carbocycles. The Balaban J connectivity index is 1.85. The zero-order valence-electron chi connectivity index (χ0n) is 16.2. The highest BCUT2D eigenvalue weighted by molar-refractivity contribution is 7.10. The smallest absolute Gasteiger partial charge is 0.169 e. The summed E-state index contributed by atoms with van der Waals surface area (Å²) in [5.74, 6) is 1.06. The van der Waals surface area contributed by atoms with Gasteiger partial charge in [-0.2, -0.15) is 10.2 Å². The first kappa shape index (κ1) is 17.7. The first-order valence-corrected chi connectivity index (χ1v) is 9.82. The summed E-state index contributed by atoms with van der Waals surface area (Å²) in [5.41, 5.74) is 5.07. The van der Waals surface area contributed by atoms with Crippen LogP contribution in [-0.4, -0.2) is 29.5 Å². The monoisotopic (exact) mass is 381 g/mol. The molecule has 0 saturated carbocycles. The van der Waals surface area contributed by atoms with Crippen LogP contribution in [0.5, 0.6) is 0 Å². The van der Waals surface area contributed by atoms with Crippen molar-refractivity contribution in [2.75, 3.05) is 5.32 Å². The van der Waals surface area contributed by atoms with E-state index in [0.717, 1.165) is 39.5 Å². The summed E-state index contributed by atoms with van der Waals surface area (Å²) in [7, 11) is 3.83. The number of pyridine rings is 1. The van der Waals surface area contributed by atoms with Crippen LogP contribution in [-0.2, 0) is 20.6 Å². The first-order chi connectivity index (χ1) is 12.9. The predicted molar refractivity (Wildman–Crippen MR) is 109 cm³/mol. The second kappa shape index (κ2) is 6.77. The fourth-order valence-corrected chi connectivity index (χ4v) is 3.96. The fraction of sp³-hybridized carbons (Fsp3) is 0.368. The van der Waals surface area contributed by atoms with Gasteiger partial charge in [0.05, 0.1) is 23.3 Å². The number of rotatable bonds is 5. The second-order valence-corrected chi connectivity index (χ2v) is 8.12. The lowest BCUT2D eigenvalue weighted by atomic mass is 10.0. The molecule has 1 N–H and O–H groups in total. The van der Waals surface area contributed by atoms with Crippen molar-refractivity contribution in [1.82, 2.24) is 29.5 Å². The number of nitrogens with one attached hydrogen (secondary N) is 1. The van der Waals surface area contributed by atoms with Crippen molar-refractivity contribution in [3.05, 3.63) is 40.2 Å². The molecule has 0 amide bonds. The number of aryl methyl sites for hydroxylation is 3. The second-order valence-electron chi connectivity index (χ2n) is 7.00. The van der Waals surface area contributed by atoms with Gasteiger partial charge in [-0.3, -0.25) is 9.36 Å². The predicted octanol–water partition coefficient (Wildman–Crippen LogP) is 3.87. The molecule has 27 heavy (non-hydrogen) atoms. The molecular formula is C19H23N7S. The van der Waals surface area contributed by atoms with Gasteiger partial charge in [0, 0.05) is 30.2 Å². The summed E-state index contributed by atoms with van der Waals surface area (Å²) in [5, 5.41) is 15.8. The van der Waals surface area contributed by atoms with E-state index in [1.807, 2.05) is 18.8 Å². The van der Waals surface area contributed by atoms with Crippen molar-refractivity contribution in [1.29, 1.82) is 0 Å². The Morgan fingerprint density at radius 3 is 2.67 bits per heavy atom. The van der Waals surface area contributed by atoms with Gasteiger partial charge in [0.2, 0.25) is 0 Å². The van der Waals surface area contributed by atoms with Crippen LogP contribution in [0.2, 0.25) is 0 Å². The van der Waals surface area contributed by atoms with Crippen molar-refractivity contribution < 1.29 is 0 Å². The standard InChI is InChI=1S/C19H23N7S/c1-11(2)18-17-15(20-9-16-21-10-25(4)23-16)8-14(13-6-7-27-12(13)3)22-19(17)26(5)24-18/h6-8,10-11H,9H2,1-5H3,(H,20,22). The first-order valence-electron chi connectivity index (χ1n) is 8.94. The maximum absolute atomic E-state index is 4.93. The molecule has 7 nitrogen and oxygen atoms in total. The third kappa shape index (κ3) is 3.21. The van der Waals surface area contributed by atoms with E-state index in [-0.39, 0.29) is 0 Å². The van der Waals surface area contributed by atoms with Gasteiger partial charge in [-0.05, 0) is 30.4 Å². The molecule has 4 rings (SSSR count). The lowest BCUT2D eigenvalue weighted by Crippen LogP contribution is -2.04. The Kier molecular flexibility index (Phi) is 4.43.